The highest BCUT2D eigenvalue weighted by Gasteiger charge is 2.22. The molecule has 0 atom stereocenters. The third-order valence-electron chi connectivity index (χ3n) is 3.89. The van der Waals surface area contributed by atoms with Crippen LogP contribution in [-0.2, 0) is 11.3 Å². The number of carbonyl (C=O) groups is 2. The highest BCUT2D eigenvalue weighted by atomic mass is 19.1. The minimum absolute atomic E-state index is 0.167. The van der Waals surface area contributed by atoms with Gasteiger partial charge in [-0.05, 0) is 37.1 Å². The first kappa shape index (κ1) is 17.7. The van der Waals surface area contributed by atoms with Gasteiger partial charge in [0.05, 0.1) is 12.7 Å². The van der Waals surface area contributed by atoms with Gasteiger partial charge in [-0.25, -0.2) is 13.6 Å². The number of hydrogen-bond acceptors (Lipinski definition) is 3. The molecule has 1 aromatic heterocycles. The molecule has 128 valence electrons. The van der Waals surface area contributed by atoms with Crippen molar-refractivity contribution in [3.8, 4) is 0 Å². The number of carbonyl (C=O) groups excluding carboxylic acids is 2. The highest BCUT2D eigenvalue weighted by Crippen LogP contribution is 2.21. The third-order valence-corrected chi connectivity index (χ3v) is 3.89. The monoisotopic (exact) mass is 336 g/mol. The van der Waals surface area contributed by atoms with Crippen molar-refractivity contribution < 1.29 is 23.1 Å². The van der Waals surface area contributed by atoms with Crippen molar-refractivity contribution in [2.75, 3.05) is 14.2 Å². The topological polar surface area (TPSA) is 62.4 Å². The zero-order valence-electron chi connectivity index (χ0n) is 13.9. The van der Waals surface area contributed by atoms with Crippen LogP contribution in [0.15, 0.2) is 18.2 Å². The van der Waals surface area contributed by atoms with Crippen molar-refractivity contribution in [2.24, 2.45) is 0 Å². The Morgan fingerprint density at radius 1 is 1.25 bits per heavy atom. The van der Waals surface area contributed by atoms with Crippen molar-refractivity contribution in [3.63, 3.8) is 0 Å². The summed E-state index contributed by atoms with van der Waals surface area (Å²) in [7, 11) is 2.79. The molecule has 0 unspecified atom stereocenters. The Hall–Kier alpha value is -2.70. The second-order valence-corrected chi connectivity index (χ2v) is 5.51. The summed E-state index contributed by atoms with van der Waals surface area (Å²) < 4.78 is 31.4. The number of hydrogen-bond donors (Lipinski definition) is 1. The van der Waals surface area contributed by atoms with Crippen molar-refractivity contribution in [1.82, 2.24) is 9.88 Å². The Morgan fingerprint density at radius 3 is 2.50 bits per heavy atom. The van der Waals surface area contributed by atoms with Gasteiger partial charge in [0.25, 0.3) is 5.91 Å². The number of amides is 1. The van der Waals surface area contributed by atoms with Gasteiger partial charge in [-0.3, -0.25) is 4.79 Å². The maximum Gasteiger partial charge on any atom is 0.354 e. The van der Waals surface area contributed by atoms with Gasteiger partial charge in [0.2, 0.25) is 0 Å². The molecule has 1 amide bonds. The molecule has 0 bridgehead atoms. The molecule has 0 radical (unpaired) electrons. The summed E-state index contributed by atoms with van der Waals surface area (Å²) in [6, 6.07) is 2.82. The van der Waals surface area contributed by atoms with Crippen molar-refractivity contribution in [2.45, 2.75) is 20.4 Å². The van der Waals surface area contributed by atoms with E-state index >= 15 is 0 Å². The van der Waals surface area contributed by atoms with Gasteiger partial charge in [0.15, 0.2) is 0 Å². The minimum Gasteiger partial charge on any atom is -0.464 e. The quantitative estimate of drug-likeness (QED) is 0.873. The maximum atomic E-state index is 13.8. The average Bonchev–Trinajstić information content (AvgIpc) is 2.81. The summed E-state index contributed by atoms with van der Waals surface area (Å²) in [6.07, 6.45) is 0. The predicted molar refractivity (Wildman–Crippen MR) is 83.8 cm³/mol. The van der Waals surface area contributed by atoms with E-state index in [1.54, 1.807) is 13.8 Å². The number of nitrogens with one attached hydrogen (secondary N) is 1. The van der Waals surface area contributed by atoms with Gasteiger partial charge >= 0.3 is 5.97 Å². The second-order valence-electron chi connectivity index (χ2n) is 5.51. The fourth-order valence-electron chi connectivity index (χ4n) is 2.51. The Kier molecular flexibility index (Phi) is 5.02. The minimum atomic E-state index is -0.912. The van der Waals surface area contributed by atoms with Gasteiger partial charge in [-0.15, -0.1) is 0 Å². The van der Waals surface area contributed by atoms with E-state index in [-0.39, 0.29) is 12.1 Å². The molecule has 5 nitrogen and oxygen atoms in total. The number of H-pyrrole nitrogens is 1. The normalized spacial score (nSPS) is 10.6. The predicted octanol–water partition coefficient (Wildman–Crippen LogP) is 2.97. The van der Waals surface area contributed by atoms with E-state index in [4.69, 9.17) is 4.74 Å². The molecule has 2 rings (SSSR count). The van der Waals surface area contributed by atoms with Crippen LogP contribution in [0, 0.1) is 25.5 Å². The Morgan fingerprint density at radius 2 is 1.92 bits per heavy atom. The van der Waals surface area contributed by atoms with Gasteiger partial charge in [0.1, 0.15) is 17.3 Å². The Labute approximate surface area is 138 Å². The fraction of sp³-hybridized carbons (Fsp3) is 0.294. The first-order valence-corrected chi connectivity index (χ1v) is 7.23. The van der Waals surface area contributed by atoms with E-state index < -0.39 is 23.5 Å². The Balaban J connectivity index is 2.26. The summed E-state index contributed by atoms with van der Waals surface area (Å²) in [4.78, 5) is 28.3. The lowest BCUT2D eigenvalue weighted by Gasteiger charge is -2.18. The van der Waals surface area contributed by atoms with Crippen LogP contribution in [-0.4, -0.2) is 35.9 Å². The molecule has 0 aliphatic rings. The van der Waals surface area contributed by atoms with Gasteiger partial charge < -0.3 is 14.6 Å². The molecule has 0 fully saturated rings. The molecule has 7 heteroatoms. The lowest BCUT2D eigenvalue weighted by molar-refractivity contribution is 0.0593. The van der Waals surface area contributed by atoms with Crippen LogP contribution in [0.4, 0.5) is 8.78 Å². The molecule has 1 N–H and O–H groups in total. The molecular formula is C17H18F2N2O3. The number of benzene rings is 1. The molecule has 0 aliphatic heterocycles. The summed E-state index contributed by atoms with van der Waals surface area (Å²) in [5.41, 5.74) is 2.23. The van der Waals surface area contributed by atoms with E-state index in [2.05, 4.69) is 4.98 Å². The number of ether oxygens (including phenoxy) is 1. The molecule has 0 aliphatic carbocycles. The molecule has 2 aromatic rings. The standard InChI is InChI=1S/C17H18F2N2O3/c1-9-13(10(2)20-15(9)17(23)24-4)8-21(3)16(22)12-6-5-11(18)7-14(12)19/h5-7,20H,8H2,1-4H3. The lowest BCUT2D eigenvalue weighted by Crippen LogP contribution is -2.27. The van der Waals surface area contributed by atoms with Crippen LogP contribution >= 0.6 is 0 Å². The maximum absolute atomic E-state index is 13.8. The molecule has 0 saturated carbocycles. The lowest BCUT2D eigenvalue weighted by atomic mass is 10.1. The number of aromatic nitrogens is 1. The number of nitrogens with zero attached hydrogens (tertiary/aromatic N) is 1. The number of aromatic amines is 1. The van der Waals surface area contributed by atoms with E-state index in [1.807, 2.05) is 0 Å². The van der Waals surface area contributed by atoms with E-state index in [1.165, 1.54) is 19.1 Å². The number of esters is 1. The fourth-order valence-corrected chi connectivity index (χ4v) is 2.51. The van der Waals surface area contributed by atoms with Crippen LogP contribution in [0.25, 0.3) is 0 Å². The van der Waals surface area contributed by atoms with E-state index in [0.717, 1.165) is 17.7 Å². The van der Waals surface area contributed by atoms with Crippen LogP contribution in [0.5, 0.6) is 0 Å². The summed E-state index contributed by atoms with van der Waals surface area (Å²) in [5, 5.41) is 0. The molecule has 24 heavy (non-hydrogen) atoms. The van der Waals surface area contributed by atoms with Gasteiger partial charge in [-0.2, -0.15) is 0 Å². The molecule has 0 saturated heterocycles. The number of halogens is 2. The smallest absolute Gasteiger partial charge is 0.354 e. The zero-order chi connectivity index (χ0) is 18.0. The van der Waals surface area contributed by atoms with Crippen LogP contribution < -0.4 is 0 Å². The van der Waals surface area contributed by atoms with E-state index in [0.29, 0.717) is 23.0 Å². The summed E-state index contributed by atoms with van der Waals surface area (Å²) >= 11 is 0. The van der Waals surface area contributed by atoms with Crippen molar-refractivity contribution in [1.29, 1.82) is 0 Å². The molecular weight excluding hydrogens is 318 g/mol. The summed E-state index contributed by atoms with van der Waals surface area (Å²) in [6.45, 7) is 3.67. The van der Waals surface area contributed by atoms with Crippen LogP contribution in [0.1, 0.15) is 37.7 Å². The SMILES string of the molecule is COC(=O)c1[nH]c(C)c(CN(C)C(=O)c2ccc(F)cc2F)c1C. The summed E-state index contributed by atoms with van der Waals surface area (Å²) in [5.74, 6) is -2.73. The largest absolute Gasteiger partial charge is 0.464 e. The van der Waals surface area contributed by atoms with Gasteiger partial charge in [-0.1, -0.05) is 0 Å². The van der Waals surface area contributed by atoms with Crippen LogP contribution in [0.2, 0.25) is 0 Å². The van der Waals surface area contributed by atoms with Crippen LogP contribution in [0.3, 0.4) is 0 Å². The number of rotatable bonds is 4. The highest BCUT2D eigenvalue weighted by molar-refractivity contribution is 5.94. The molecule has 0 spiro atoms. The Bertz CT molecular complexity index is 799. The number of methoxy groups -OCH3 is 1. The second kappa shape index (κ2) is 6.82. The van der Waals surface area contributed by atoms with Crippen molar-refractivity contribution in [3.05, 3.63) is 57.9 Å². The average molecular weight is 336 g/mol. The zero-order valence-corrected chi connectivity index (χ0v) is 13.9. The van der Waals surface area contributed by atoms with Crippen molar-refractivity contribution >= 4 is 11.9 Å². The molecule has 1 heterocycles. The first-order chi connectivity index (χ1) is 11.3. The number of aryl methyl sites for hydroxylation is 1. The molecule has 1 aromatic carbocycles. The third kappa shape index (κ3) is 3.29. The van der Waals surface area contributed by atoms with Gasteiger partial charge in [0, 0.05) is 25.4 Å². The first-order valence-electron chi connectivity index (χ1n) is 7.23. The van der Waals surface area contributed by atoms with E-state index in [9.17, 15) is 18.4 Å².